The Balaban J connectivity index is 1.40. The van der Waals surface area contributed by atoms with Crippen LogP contribution in [0.3, 0.4) is 0 Å². The van der Waals surface area contributed by atoms with Gasteiger partial charge >= 0.3 is 0 Å². The van der Waals surface area contributed by atoms with Crippen molar-refractivity contribution in [2.75, 3.05) is 26.3 Å². The lowest BCUT2D eigenvalue weighted by Gasteiger charge is -2.34. The smallest absolute Gasteiger partial charge is 0.237 e. The van der Waals surface area contributed by atoms with Gasteiger partial charge in [-0.25, -0.2) is 0 Å². The predicted octanol–water partition coefficient (Wildman–Crippen LogP) is 1.52. The first-order valence-electron chi connectivity index (χ1n) is 9.12. The number of nitrogens with two attached hydrogens (primary N) is 1. The van der Waals surface area contributed by atoms with Gasteiger partial charge in [0, 0.05) is 38.9 Å². The molecule has 2 aliphatic rings. The number of carbonyl (C=O) groups excluding carboxylic acids is 1. The molecule has 3 N–H and O–H groups in total. The summed E-state index contributed by atoms with van der Waals surface area (Å²) in [4.78, 5) is 14.8. The van der Waals surface area contributed by atoms with E-state index in [1.807, 2.05) is 6.07 Å². The molecular weight excluding hydrogens is 302 g/mol. The Labute approximate surface area is 144 Å². The first kappa shape index (κ1) is 17.4. The van der Waals surface area contributed by atoms with Gasteiger partial charge in [-0.1, -0.05) is 30.3 Å². The van der Waals surface area contributed by atoms with E-state index < -0.39 is 6.04 Å². The van der Waals surface area contributed by atoms with Crippen LogP contribution < -0.4 is 11.1 Å². The van der Waals surface area contributed by atoms with Gasteiger partial charge in [-0.2, -0.15) is 0 Å². The third kappa shape index (κ3) is 4.79. The molecule has 0 aliphatic carbocycles. The highest BCUT2D eigenvalue weighted by Gasteiger charge is 2.29. The van der Waals surface area contributed by atoms with Crippen molar-refractivity contribution < 1.29 is 9.53 Å². The number of likely N-dealkylation sites (tertiary alicyclic amines) is 1. The molecule has 0 radical (unpaired) electrons. The fourth-order valence-corrected chi connectivity index (χ4v) is 3.66. The first-order chi connectivity index (χ1) is 11.7. The van der Waals surface area contributed by atoms with Crippen molar-refractivity contribution in [2.24, 2.45) is 11.7 Å². The Hall–Kier alpha value is -1.43. The summed E-state index contributed by atoms with van der Waals surface area (Å²) in [7, 11) is 0. The highest BCUT2D eigenvalue weighted by Crippen LogP contribution is 2.19. The Morgan fingerprint density at radius 1 is 1.17 bits per heavy atom. The molecule has 2 aliphatic heterocycles. The number of hydrogen-bond donors (Lipinski definition) is 2. The largest absolute Gasteiger partial charge is 0.381 e. The van der Waals surface area contributed by atoms with Gasteiger partial charge in [0.2, 0.25) is 5.91 Å². The van der Waals surface area contributed by atoms with Crippen LogP contribution in [0.1, 0.15) is 31.2 Å². The number of benzene rings is 1. The second kappa shape index (κ2) is 8.60. The summed E-state index contributed by atoms with van der Waals surface area (Å²) >= 11 is 0. The minimum atomic E-state index is -0.392. The molecule has 0 spiro atoms. The first-order valence-corrected chi connectivity index (χ1v) is 9.12. The lowest BCUT2D eigenvalue weighted by atomic mass is 9.91. The van der Waals surface area contributed by atoms with Gasteiger partial charge in [0.15, 0.2) is 0 Å². The molecule has 1 atom stereocenters. The topological polar surface area (TPSA) is 67.6 Å². The van der Waals surface area contributed by atoms with Gasteiger partial charge in [-0.05, 0) is 37.2 Å². The van der Waals surface area contributed by atoms with Crippen molar-refractivity contribution in [3.8, 4) is 0 Å². The maximum Gasteiger partial charge on any atom is 0.237 e. The van der Waals surface area contributed by atoms with Crippen LogP contribution in [-0.4, -0.2) is 49.2 Å². The molecule has 1 unspecified atom stereocenters. The van der Waals surface area contributed by atoms with Crippen molar-refractivity contribution in [3.63, 3.8) is 0 Å². The molecule has 5 heteroatoms. The molecule has 132 valence electrons. The highest BCUT2D eigenvalue weighted by atomic mass is 16.5. The average Bonchev–Trinajstić information content (AvgIpc) is 2.64. The molecule has 1 aromatic carbocycles. The maximum atomic E-state index is 12.4. The summed E-state index contributed by atoms with van der Waals surface area (Å²) in [5.41, 5.74) is 7.51. The lowest BCUT2D eigenvalue weighted by Crippen LogP contribution is -2.52. The monoisotopic (exact) mass is 331 g/mol. The van der Waals surface area contributed by atoms with Gasteiger partial charge in [0.25, 0.3) is 0 Å². The molecular formula is C19H29N3O2. The Morgan fingerprint density at radius 3 is 2.50 bits per heavy atom. The van der Waals surface area contributed by atoms with E-state index in [1.54, 1.807) is 0 Å². The highest BCUT2D eigenvalue weighted by molar-refractivity contribution is 5.82. The summed E-state index contributed by atoms with van der Waals surface area (Å²) in [6, 6.07) is 10.4. The Morgan fingerprint density at radius 2 is 1.83 bits per heavy atom. The van der Waals surface area contributed by atoms with Crippen LogP contribution in [0.15, 0.2) is 30.3 Å². The Bertz CT molecular complexity index is 509. The Kier molecular flexibility index (Phi) is 6.24. The number of hydrogen-bond acceptors (Lipinski definition) is 4. The standard InChI is InChI=1S/C19H29N3O2/c20-18(16-8-12-24-13-9-16)19(23)21-17-6-10-22(11-7-17)14-15-4-2-1-3-5-15/h1-5,16-18H,6-14,20H2,(H,21,23). The second-order valence-corrected chi connectivity index (χ2v) is 7.02. The van der Waals surface area contributed by atoms with Crippen LogP contribution in [0, 0.1) is 5.92 Å². The summed E-state index contributed by atoms with van der Waals surface area (Å²) < 4.78 is 5.35. The van der Waals surface area contributed by atoms with Gasteiger partial charge < -0.3 is 15.8 Å². The summed E-state index contributed by atoms with van der Waals surface area (Å²) in [5, 5.41) is 3.17. The molecule has 0 aromatic heterocycles. The number of nitrogens with zero attached hydrogens (tertiary/aromatic N) is 1. The van der Waals surface area contributed by atoms with E-state index >= 15 is 0 Å². The predicted molar refractivity (Wildman–Crippen MR) is 94.4 cm³/mol. The SMILES string of the molecule is NC(C(=O)NC1CCN(Cc2ccccc2)CC1)C1CCOCC1. The van der Waals surface area contributed by atoms with Gasteiger partial charge in [-0.3, -0.25) is 9.69 Å². The summed E-state index contributed by atoms with van der Waals surface area (Å²) in [5.74, 6) is 0.278. The lowest BCUT2D eigenvalue weighted by molar-refractivity contribution is -0.125. The molecule has 0 bridgehead atoms. The fraction of sp³-hybridized carbons (Fsp3) is 0.632. The van der Waals surface area contributed by atoms with Gasteiger partial charge in [0.1, 0.15) is 0 Å². The van der Waals surface area contributed by atoms with E-state index in [4.69, 9.17) is 10.5 Å². The van der Waals surface area contributed by atoms with Crippen LogP contribution in [0.4, 0.5) is 0 Å². The number of rotatable bonds is 5. The van der Waals surface area contributed by atoms with E-state index in [0.717, 1.165) is 58.5 Å². The third-order valence-electron chi connectivity index (χ3n) is 5.26. The van der Waals surface area contributed by atoms with E-state index in [-0.39, 0.29) is 17.9 Å². The van der Waals surface area contributed by atoms with Crippen molar-refractivity contribution in [3.05, 3.63) is 35.9 Å². The number of carbonyl (C=O) groups is 1. The molecule has 24 heavy (non-hydrogen) atoms. The van der Waals surface area contributed by atoms with Crippen LogP contribution >= 0.6 is 0 Å². The minimum absolute atomic E-state index is 0.0170. The van der Waals surface area contributed by atoms with Gasteiger partial charge in [0.05, 0.1) is 6.04 Å². The van der Waals surface area contributed by atoms with Crippen molar-refractivity contribution in [2.45, 2.75) is 44.3 Å². The summed E-state index contributed by atoms with van der Waals surface area (Å²) in [6.45, 7) is 4.48. The molecule has 2 saturated heterocycles. The van der Waals surface area contributed by atoms with Crippen LogP contribution in [0.2, 0.25) is 0 Å². The third-order valence-corrected chi connectivity index (χ3v) is 5.26. The molecule has 3 rings (SSSR count). The number of amides is 1. The summed E-state index contributed by atoms with van der Waals surface area (Å²) in [6.07, 6.45) is 3.78. The number of piperidine rings is 1. The quantitative estimate of drug-likeness (QED) is 0.858. The van der Waals surface area contributed by atoms with E-state index in [1.165, 1.54) is 5.56 Å². The van der Waals surface area contributed by atoms with E-state index in [9.17, 15) is 4.79 Å². The van der Waals surface area contributed by atoms with Crippen LogP contribution in [0.5, 0.6) is 0 Å². The van der Waals surface area contributed by atoms with Crippen molar-refractivity contribution in [1.82, 2.24) is 10.2 Å². The van der Waals surface area contributed by atoms with Crippen LogP contribution in [-0.2, 0) is 16.1 Å². The number of nitrogens with one attached hydrogen (secondary N) is 1. The van der Waals surface area contributed by atoms with Crippen LogP contribution in [0.25, 0.3) is 0 Å². The molecule has 2 heterocycles. The second-order valence-electron chi connectivity index (χ2n) is 7.02. The minimum Gasteiger partial charge on any atom is -0.381 e. The molecule has 1 amide bonds. The van der Waals surface area contributed by atoms with E-state index in [0.29, 0.717) is 0 Å². The molecule has 0 saturated carbocycles. The van der Waals surface area contributed by atoms with Crippen molar-refractivity contribution in [1.29, 1.82) is 0 Å². The van der Waals surface area contributed by atoms with Gasteiger partial charge in [-0.15, -0.1) is 0 Å². The zero-order chi connectivity index (χ0) is 16.8. The van der Waals surface area contributed by atoms with Crippen molar-refractivity contribution >= 4 is 5.91 Å². The normalized spacial score (nSPS) is 22.2. The number of ether oxygens (including phenoxy) is 1. The molecule has 5 nitrogen and oxygen atoms in total. The fourth-order valence-electron chi connectivity index (χ4n) is 3.66. The maximum absolute atomic E-state index is 12.4. The molecule has 2 fully saturated rings. The average molecular weight is 331 g/mol. The zero-order valence-electron chi connectivity index (χ0n) is 14.3. The van der Waals surface area contributed by atoms with E-state index in [2.05, 4.69) is 34.5 Å². The zero-order valence-corrected chi connectivity index (χ0v) is 14.3. The molecule has 1 aromatic rings.